The topological polar surface area (TPSA) is 86.2 Å². The fourth-order valence-electron chi connectivity index (χ4n) is 3.05. The zero-order valence-electron chi connectivity index (χ0n) is 16.0. The van der Waals surface area contributed by atoms with Gasteiger partial charge < -0.3 is 14.8 Å². The van der Waals surface area contributed by atoms with Crippen molar-refractivity contribution >= 4 is 17.2 Å². The number of carbonyl (C=O) groups excluding carboxylic acids is 1. The minimum atomic E-state index is -0.206. The molecule has 0 saturated carbocycles. The Hall–Kier alpha value is -1.90. The van der Waals surface area contributed by atoms with Gasteiger partial charge in [-0.05, 0) is 31.7 Å². The van der Waals surface area contributed by atoms with E-state index in [-0.39, 0.29) is 18.1 Å². The van der Waals surface area contributed by atoms with Gasteiger partial charge >= 0.3 is 0 Å². The highest BCUT2D eigenvalue weighted by Crippen LogP contribution is 2.15. The molecule has 0 aromatic carbocycles. The number of ether oxygens (including phenoxy) is 2. The van der Waals surface area contributed by atoms with Crippen molar-refractivity contribution in [2.75, 3.05) is 13.2 Å². The lowest BCUT2D eigenvalue weighted by Gasteiger charge is -2.31. The van der Waals surface area contributed by atoms with Crippen molar-refractivity contribution in [2.24, 2.45) is 5.92 Å². The second-order valence-electron chi connectivity index (χ2n) is 7.16. The van der Waals surface area contributed by atoms with Gasteiger partial charge in [0.05, 0.1) is 30.5 Å². The van der Waals surface area contributed by atoms with Gasteiger partial charge in [-0.1, -0.05) is 13.8 Å². The minimum Gasteiger partial charge on any atom is -0.379 e. The molecule has 2 aromatic heterocycles. The first-order valence-corrected chi connectivity index (χ1v) is 10.2. The Labute approximate surface area is 163 Å². The molecule has 1 aliphatic heterocycles. The molecule has 0 bridgehead atoms. The number of aryl methyl sites for hydroxylation is 1. The lowest BCUT2D eigenvalue weighted by atomic mass is 10.1. The summed E-state index contributed by atoms with van der Waals surface area (Å²) in [6.07, 6.45) is 1.32. The van der Waals surface area contributed by atoms with Crippen LogP contribution in [0.1, 0.15) is 48.0 Å². The van der Waals surface area contributed by atoms with Crippen LogP contribution in [0.4, 0.5) is 0 Å². The van der Waals surface area contributed by atoms with Crippen molar-refractivity contribution in [3.8, 4) is 0 Å². The van der Waals surface area contributed by atoms with Crippen molar-refractivity contribution in [3.05, 3.63) is 39.9 Å². The first-order valence-electron chi connectivity index (χ1n) is 9.23. The molecule has 8 heteroatoms. The average molecular weight is 391 g/mol. The van der Waals surface area contributed by atoms with Gasteiger partial charge in [0.1, 0.15) is 17.6 Å². The number of hydrogen-bond donors (Lipinski definition) is 1. The number of hydrogen-bond acceptors (Lipinski definition) is 7. The molecule has 0 unspecified atom stereocenters. The van der Waals surface area contributed by atoms with Gasteiger partial charge in [-0.25, -0.2) is 15.0 Å². The number of nitrogens with one attached hydrogen (secondary N) is 1. The van der Waals surface area contributed by atoms with Crippen LogP contribution in [0.2, 0.25) is 0 Å². The highest BCUT2D eigenvalue weighted by molar-refractivity contribution is 7.07. The van der Waals surface area contributed by atoms with Crippen LogP contribution in [0.5, 0.6) is 0 Å². The van der Waals surface area contributed by atoms with Crippen molar-refractivity contribution in [2.45, 2.75) is 52.4 Å². The predicted octanol–water partition coefficient (Wildman–Crippen LogP) is 2.54. The second-order valence-corrected chi connectivity index (χ2v) is 7.88. The summed E-state index contributed by atoms with van der Waals surface area (Å²) in [5.41, 5.74) is 3.97. The van der Waals surface area contributed by atoms with E-state index < -0.39 is 0 Å². The summed E-state index contributed by atoms with van der Waals surface area (Å²) in [5, 5.41) is 5.03. The average Bonchev–Trinajstić information content (AvgIpc) is 3.13. The summed E-state index contributed by atoms with van der Waals surface area (Å²) in [6, 6.07) is 1.67. The summed E-state index contributed by atoms with van der Waals surface area (Å²) < 4.78 is 11.5. The van der Waals surface area contributed by atoms with E-state index in [1.807, 2.05) is 12.3 Å². The van der Waals surface area contributed by atoms with E-state index in [1.165, 1.54) is 11.3 Å². The van der Waals surface area contributed by atoms with E-state index in [1.54, 1.807) is 11.6 Å². The van der Waals surface area contributed by atoms with Crippen LogP contribution in [0, 0.1) is 12.8 Å². The Morgan fingerprint density at radius 3 is 3.00 bits per heavy atom. The van der Waals surface area contributed by atoms with Crippen LogP contribution in [0.25, 0.3) is 0 Å². The highest BCUT2D eigenvalue weighted by atomic mass is 32.1. The molecule has 0 radical (unpaired) electrons. The molecule has 1 aliphatic rings. The van der Waals surface area contributed by atoms with E-state index in [0.717, 1.165) is 17.8 Å². The summed E-state index contributed by atoms with van der Waals surface area (Å²) in [4.78, 5) is 25.7. The number of nitrogens with zero attached hydrogens (tertiary/aromatic N) is 3. The van der Waals surface area contributed by atoms with Crippen LogP contribution < -0.4 is 5.32 Å². The van der Waals surface area contributed by atoms with Crippen LogP contribution >= 0.6 is 11.3 Å². The maximum atomic E-state index is 12.8. The van der Waals surface area contributed by atoms with Gasteiger partial charge in [0.15, 0.2) is 0 Å². The number of rotatable bonds is 7. The third-order valence-electron chi connectivity index (χ3n) is 4.29. The number of thiazole rings is 1. The summed E-state index contributed by atoms with van der Waals surface area (Å²) in [6.45, 7) is 7.54. The van der Waals surface area contributed by atoms with Crippen molar-refractivity contribution < 1.29 is 14.3 Å². The molecule has 1 saturated heterocycles. The monoisotopic (exact) mass is 390 g/mol. The van der Waals surface area contributed by atoms with Crippen molar-refractivity contribution in [1.82, 2.24) is 20.3 Å². The molecule has 1 fully saturated rings. The fourth-order valence-corrected chi connectivity index (χ4v) is 3.60. The third-order valence-corrected chi connectivity index (χ3v) is 4.93. The Morgan fingerprint density at radius 1 is 1.41 bits per heavy atom. The van der Waals surface area contributed by atoms with Gasteiger partial charge in [0.2, 0.25) is 0 Å². The third kappa shape index (κ3) is 5.79. The Balaban J connectivity index is 1.64. The first-order chi connectivity index (χ1) is 13.0. The van der Waals surface area contributed by atoms with Crippen LogP contribution in [-0.4, -0.2) is 46.2 Å². The minimum absolute atomic E-state index is 0.117. The Kier molecular flexibility index (Phi) is 6.87. The van der Waals surface area contributed by atoms with Gasteiger partial charge in [-0.15, -0.1) is 11.3 Å². The zero-order chi connectivity index (χ0) is 19.2. The molecule has 1 amide bonds. The lowest BCUT2D eigenvalue weighted by molar-refractivity contribution is -0.0742. The van der Waals surface area contributed by atoms with Gasteiger partial charge in [-0.2, -0.15) is 0 Å². The Bertz CT molecular complexity index is 751. The summed E-state index contributed by atoms with van der Waals surface area (Å²) in [7, 11) is 0. The van der Waals surface area contributed by atoms with Gasteiger partial charge in [0.25, 0.3) is 5.91 Å². The Morgan fingerprint density at radius 2 is 2.26 bits per heavy atom. The lowest BCUT2D eigenvalue weighted by Crippen LogP contribution is -2.50. The van der Waals surface area contributed by atoms with Gasteiger partial charge in [-0.3, -0.25) is 4.79 Å². The number of carbonyl (C=O) groups is 1. The molecule has 0 aliphatic carbocycles. The van der Waals surface area contributed by atoms with E-state index in [4.69, 9.17) is 9.47 Å². The largest absolute Gasteiger partial charge is 0.379 e. The molecule has 3 heterocycles. The molecule has 7 nitrogen and oxygen atoms in total. The first kappa shape index (κ1) is 19.9. The normalized spacial score (nSPS) is 20.0. The van der Waals surface area contributed by atoms with Crippen LogP contribution in [0.3, 0.4) is 0 Å². The highest BCUT2D eigenvalue weighted by Gasteiger charge is 2.29. The smallest absolute Gasteiger partial charge is 0.270 e. The molecule has 2 atom stereocenters. The van der Waals surface area contributed by atoms with Crippen LogP contribution in [-0.2, 0) is 22.5 Å². The van der Waals surface area contributed by atoms with E-state index in [0.29, 0.717) is 43.7 Å². The quantitative estimate of drug-likeness (QED) is 0.782. The second kappa shape index (κ2) is 9.34. The van der Waals surface area contributed by atoms with E-state index >= 15 is 0 Å². The van der Waals surface area contributed by atoms with Crippen LogP contribution in [0.15, 0.2) is 17.0 Å². The molecule has 146 valence electrons. The van der Waals surface area contributed by atoms with E-state index in [9.17, 15) is 4.79 Å². The maximum Gasteiger partial charge on any atom is 0.270 e. The van der Waals surface area contributed by atoms with E-state index in [2.05, 4.69) is 34.1 Å². The number of amides is 1. The summed E-state index contributed by atoms with van der Waals surface area (Å²) >= 11 is 1.54. The molecule has 0 spiro atoms. The molecule has 27 heavy (non-hydrogen) atoms. The molecule has 2 aromatic rings. The fraction of sp³-hybridized carbons (Fsp3) is 0.579. The molecule has 3 rings (SSSR count). The van der Waals surface area contributed by atoms with Crippen molar-refractivity contribution in [1.29, 1.82) is 0 Å². The standard InChI is InChI=1S/C19H26N4O3S/c1-12(2)6-14-7-17(22-13(3)21-14)19(24)23-16-4-5-25-9-18(16)26-8-15-10-27-11-20-15/h7,10-12,16,18H,4-6,8-9H2,1-3H3,(H,23,24)/t16-,18-/m1/s1. The van der Waals surface area contributed by atoms with Gasteiger partial charge in [0, 0.05) is 17.7 Å². The predicted molar refractivity (Wildman–Crippen MR) is 103 cm³/mol. The number of aromatic nitrogens is 3. The molecular weight excluding hydrogens is 364 g/mol. The van der Waals surface area contributed by atoms with Crippen molar-refractivity contribution in [3.63, 3.8) is 0 Å². The molecule has 1 N–H and O–H groups in total. The summed E-state index contributed by atoms with van der Waals surface area (Å²) in [5.74, 6) is 0.885. The zero-order valence-corrected chi connectivity index (χ0v) is 16.8. The SMILES string of the molecule is Cc1nc(CC(C)C)cc(C(=O)N[C@@H]2CCOC[C@H]2OCc2cscn2)n1. The maximum absolute atomic E-state index is 12.8. The molecular formula is C19H26N4O3S.